The molecule has 1 aliphatic rings. The Labute approximate surface area is 157 Å². The predicted octanol–water partition coefficient (Wildman–Crippen LogP) is 3.07. The van der Waals surface area contributed by atoms with Gasteiger partial charge in [-0.1, -0.05) is 24.3 Å². The van der Waals surface area contributed by atoms with E-state index in [-0.39, 0.29) is 18.4 Å². The maximum Gasteiger partial charge on any atom is 0.251 e. The van der Waals surface area contributed by atoms with Crippen LogP contribution in [0.25, 0.3) is 11.1 Å². The second kappa shape index (κ2) is 7.41. The van der Waals surface area contributed by atoms with Crippen molar-refractivity contribution in [3.8, 4) is 11.1 Å². The number of carbonyl (C=O) groups excluding carboxylic acids is 2. The summed E-state index contributed by atoms with van der Waals surface area (Å²) < 4.78 is 0. The molecule has 5 nitrogen and oxygen atoms in total. The number of pyridine rings is 1. The molecule has 2 heterocycles. The van der Waals surface area contributed by atoms with Crippen LogP contribution < -0.4 is 10.2 Å². The highest BCUT2D eigenvalue weighted by Gasteiger charge is 2.25. The molecule has 0 fully saturated rings. The molecule has 2 aromatic carbocycles. The minimum absolute atomic E-state index is 0.0146. The van der Waals surface area contributed by atoms with E-state index in [1.54, 1.807) is 41.6 Å². The Hall–Kier alpha value is -3.47. The van der Waals surface area contributed by atoms with Gasteiger partial charge in [-0.2, -0.15) is 0 Å². The van der Waals surface area contributed by atoms with Gasteiger partial charge in [0.15, 0.2) is 0 Å². The number of benzene rings is 2. The van der Waals surface area contributed by atoms with E-state index >= 15 is 0 Å². The largest absolute Gasteiger partial charge is 0.343 e. The first kappa shape index (κ1) is 17.0. The summed E-state index contributed by atoms with van der Waals surface area (Å²) in [5.74, 6) is -0.342. The molecule has 134 valence electrons. The minimum Gasteiger partial charge on any atom is -0.343 e. The lowest BCUT2D eigenvalue weighted by atomic mass is 10.0. The number of anilines is 1. The Balaban J connectivity index is 1.44. The number of aromatic nitrogens is 1. The van der Waals surface area contributed by atoms with E-state index < -0.39 is 0 Å². The van der Waals surface area contributed by atoms with Crippen LogP contribution in [-0.4, -0.2) is 29.9 Å². The lowest BCUT2D eigenvalue weighted by molar-refractivity contribution is -0.117. The van der Waals surface area contributed by atoms with Gasteiger partial charge in [0.25, 0.3) is 5.91 Å². The van der Waals surface area contributed by atoms with Gasteiger partial charge in [-0.05, 0) is 59.5 Å². The summed E-state index contributed by atoms with van der Waals surface area (Å²) in [6.07, 6.45) is 4.36. The Morgan fingerprint density at radius 3 is 2.52 bits per heavy atom. The molecule has 0 aliphatic carbocycles. The molecule has 0 unspecified atom stereocenters. The van der Waals surface area contributed by atoms with E-state index in [0.29, 0.717) is 12.1 Å². The maximum absolute atomic E-state index is 12.6. The number of hydrogen-bond acceptors (Lipinski definition) is 3. The van der Waals surface area contributed by atoms with Crippen molar-refractivity contribution < 1.29 is 9.59 Å². The number of hydrogen-bond donors (Lipinski definition) is 1. The smallest absolute Gasteiger partial charge is 0.251 e. The number of fused-ring (bicyclic) bond motifs is 1. The average molecular weight is 357 g/mol. The van der Waals surface area contributed by atoms with Crippen molar-refractivity contribution in [2.45, 2.75) is 6.42 Å². The minimum atomic E-state index is -0.239. The molecule has 0 atom stereocenters. The van der Waals surface area contributed by atoms with E-state index in [0.717, 1.165) is 28.8 Å². The molecule has 1 N–H and O–H groups in total. The highest BCUT2D eigenvalue weighted by atomic mass is 16.2. The summed E-state index contributed by atoms with van der Waals surface area (Å²) in [5.41, 5.74) is 4.84. The molecule has 4 rings (SSSR count). The fraction of sp³-hybridized carbons (Fsp3) is 0.136. The van der Waals surface area contributed by atoms with Gasteiger partial charge in [0.05, 0.1) is 6.54 Å². The Morgan fingerprint density at radius 2 is 1.74 bits per heavy atom. The summed E-state index contributed by atoms with van der Waals surface area (Å²) in [4.78, 5) is 30.5. The SMILES string of the molecule is O=C(NCC(=O)N1CCc2cc(-c3ccncc3)ccc21)c1ccccc1. The quantitative estimate of drug-likeness (QED) is 0.781. The van der Waals surface area contributed by atoms with Crippen LogP contribution >= 0.6 is 0 Å². The van der Waals surface area contributed by atoms with Gasteiger partial charge in [0, 0.05) is 30.2 Å². The van der Waals surface area contributed by atoms with Crippen LogP contribution in [0.4, 0.5) is 5.69 Å². The Kier molecular flexibility index (Phi) is 4.66. The zero-order chi connectivity index (χ0) is 18.6. The summed E-state index contributed by atoms with van der Waals surface area (Å²) in [7, 11) is 0. The first-order valence-corrected chi connectivity index (χ1v) is 8.89. The normalized spacial score (nSPS) is 12.5. The van der Waals surface area contributed by atoms with E-state index in [1.807, 2.05) is 30.3 Å². The summed E-state index contributed by atoms with van der Waals surface area (Å²) in [5, 5.41) is 2.71. The molecule has 1 aromatic heterocycles. The standard InChI is InChI=1S/C22H19N3O2/c26-21(15-24-22(27)17-4-2-1-3-5-17)25-13-10-19-14-18(6-7-20(19)25)16-8-11-23-12-9-16/h1-9,11-12,14H,10,13,15H2,(H,24,27). The molecule has 0 saturated carbocycles. The van der Waals surface area contributed by atoms with Gasteiger partial charge in [-0.15, -0.1) is 0 Å². The molecule has 1 aliphatic heterocycles. The number of carbonyl (C=O) groups is 2. The van der Waals surface area contributed by atoms with Gasteiger partial charge in [0.2, 0.25) is 5.91 Å². The zero-order valence-corrected chi connectivity index (χ0v) is 14.8. The first-order chi connectivity index (χ1) is 13.2. The van der Waals surface area contributed by atoms with E-state index in [1.165, 1.54) is 0 Å². The maximum atomic E-state index is 12.6. The summed E-state index contributed by atoms with van der Waals surface area (Å²) in [6.45, 7) is 0.619. The van der Waals surface area contributed by atoms with Crippen molar-refractivity contribution in [1.82, 2.24) is 10.3 Å². The van der Waals surface area contributed by atoms with Gasteiger partial charge in [0.1, 0.15) is 0 Å². The second-order valence-corrected chi connectivity index (χ2v) is 6.42. The van der Waals surface area contributed by atoms with Crippen molar-refractivity contribution >= 4 is 17.5 Å². The summed E-state index contributed by atoms with van der Waals surface area (Å²) >= 11 is 0. The van der Waals surface area contributed by atoms with Crippen LogP contribution in [0, 0.1) is 0 Å². The second-order valence-electron chi connectivity index (χ2n) is 6.42. The van der Waals surface area contributed by atoms with Crippen LogP contribution in [-0.2, 0) is 11.2 Å². The lowest BCUT2D eigenvalue weighted by Crippen LogP contribution is -2.39. The molecule has 3 aromatic rings. The molecule has 5 heteroatoms. The van der Waals surface area contributed by atoms with E-state index in [4.69, 9.17) is 0 Å². The molecule has 0 bridgehead atoms. The predicted molar refractivity (Wildman–Crippen MR) is 105 cm³/mol. The van der Waals surface area contributed by atoms with Crippen molar-refractivity contribution in [2.75, 3.05) is 18.0 Å². The van der Waals surface area contributed by atoms with Gasteiger partial charge in [-0.25, -0.2) is 0 Å². The molecule has 0 spiro atoms. The fourth-order valence-corrected chi connectivity index (χ4v) is 3.33. The number of rotatable bonds is 4. The van der Waals surface area contributed by atoms with Crippen LogP contribution in [0.1, 0.15) is 15.9 Å². The van der Waals surface area contributed by atoms with Gasteiger partial charge < -0.3 is 10.2 Å². The topological polar surface area (TPSA) is 62.3 Å². The van der Waals surface area contributed by atoms with Crippen LogP contribution in [0.3, 0.4) is 0 Å². The third-order valence-electron chi connectivity index (χ3n) is 4.73. The third-order valence-corrected chi connectivity index (χ3v) is 4.73. The molecular weight excluding hydrogens is 338 g/mol. The third kappa shape index (κ3) is 3.58. The van der Waals surface area contributed by atoms with Crippen molar-refractivity contribution in [3.05, 3.63) is 84.2 Å². The monoisotopic (exact) mass is 357 g/mol. The Morgan fingerprint density at radius 1 is 0.963 bits per heavy atom. The highest BCUT2D eigenvalue weighted by Crippen LogP contribution is 2.32. The number of amides is 2. The number of nitrogens with one attached hydrogen (secondary N) is 1. The zero-order valence-electron chi connectivity index (χ0n) is 14.8. The molecular formula is C22H19N3O2. The molecule has 2 amide bonds. The molecule has 0 radical (unpaired) electrons. The summed E-state index contributed by atoms with van der Waals surface area (Å²) in [6, 6.07) is 19.0. The van der Waals surface area contributed by atoms with Gasteiger partial charge >= 0.3 is 0 Å². The van der Waals surface area contributed by atoms with Crippen molar-refractivity contribution in [3.63, 3.8) is 0 Å². The Bertz CT molecular complexity index is 971. The highest BCUT2D eigenvalue weighted by molar-refractivity contribution is 6.01. The average Bonchev–Trinajstić information content (AvgIpc) is 3.16. The van der Waals surface area contributed by atoms with Crippen LogP contribution in [0.2, 0.25) is 0 Å². The fourth-order valence-electron chi connectivity index (χ4n) is 3.33. The first-order valence-electron chi connectivity index (χ1n) is 8.89. The number of nitrogens with zero attached hydrogens (tertiary/aromatic N) is 2. The molecule has 0 saturated heterocycles. The van der Waals surface area contributed by atoms with Gasteiger partial charge in [-0.3, -0.25) is 14.6 Å². The van der Waals surface area contributed by atoms with Crippen molar-refractivity contribution in [1.29, 1.82) is 0 Å². The van der Waals surface area contributed by atoms with Crippen molar-refractivity contribution in [2.24, 2.45) is 0 Å². The van der Waals surface area contributed by atoms with E-state index in [2.05, 4.69) is 16.4 Å². The molecule has 27 heavy (non-hydrogen) atoms. The van der Waals surface area contributed by atoms with Crippen LogP contribution in [0.15, 0.2) is 73.1 Å². The lowest BCUT2D eigenvalue weighted by Gasteiger charge is -2.18. The van der Waals surface area contributed by atoms with E-state index in [9.17, 15) is 9.59 Å². The van der Waals surface area contributed by atoms with Crippen LogP contribution in [0.5, 0.6) is 0 Å².